The summed E-state index contributed by atoms with van der Waals surface area (Å²) in [5.74, 6) is 2.43. The highest BCUT2D eigenvalue weighted by Crippen LogP contribution is 2.05. The number of aromatic nitrogens is 1. The van der Waals surface area contributed by atoms with Crippen molar-refractivity contribution in [2.24, 2.45) is 10.9 Å². The fourth-order valence-electron chi connectivity index (χ4n) is 1.88. The molecule has 5 heteroatoms. The number of guanidine groups is 1. The number of unbranched alkanes of at least 4 members (excludes halogenated alkanes) is 1. The van der Waals surface area contributed by atoms with Gasteiger partial charge in [0, 0.05) is 19.7 Å². The van der Waals surface area contributed by atoms with E-state index in [1.165, 1.54) is 19.3 Å². The van der Waals surface area contributed by atoms with E-state index in [2.05, 4.69) is 41.6 Å². The molecule has 1 aromatic heterocycles. The van der Waals surface area contributed by atoms with Gasteiger partial charge in [0.1, 0.15) is 0 Å². The summed E-state index contributed by atoms with van der Waals surface area (Å²) < 4.78 is 5.22. The molecule has 114 valence electrons. The van der Waals surface area contributed by atoms with Crippen LogP contribution >= 0.6 is 0 Å². The monoisotopic (exact) mass is 280 g/mol. The highest BCUT2D eigenvalue weighted by Gasteiger charge is 2.03. The van der Waals surface area contributed by atoms with E-state index in [9.17, 15) is 0 Å². The van der Waals surface area contributed by atoms with Gasteiger partial charge in [-0.05, 0) is 18.8 Å². The van der Waals surface area contributed by atoms with Crippen molar-refractivity contribution < 1.29 is 4.52 Å². The second-order valence-corrected chi connectivity index (χ2v) is 5.38. The molecule has 0 unspecified atom stereocenters. The topological polar surface area (TPSA) is 62.5 Å². The van der Waals surface area contributed by atoms with Crippen LogP contribution in [0.5, 0.6) is 0 Å². The standard InChI is InChI=1S/C15H28N4O/c1-5-13-10-14(20-19-13)11-18-15(16-4)17-9-7-6-8-12(2)3/h10,12H,5-9,11H2,1-4H3,(H2,16,17,18). The Hall–Kier alpha value is -1.52. The van der Waals surface area contributed by atoms with Gasteiger partial charge in [-0.2, -0.15) is 0 Å². The zero-order valence-corrected chi connectivity index (χ0v) is 13.2. The van der Waals surface area contributed by atoms with E-state index in [0.717, 1.165) is 36.3 Å². The molecule has 0 saturated heterocycles. The predicted octanol–water partition coefficient (Wildman–Crippen LogP) is 2.73. The van der Waals surface area contributed by atoms with Crippen molar-refractivity contribution in [3.8, 4) is 0 Å². The minimum atomic E-state index is 0.610. The van der Waals surface area contributed by atoms with Crippen LogP contribution in [0.1, 0.15) is 51.5 Å². The normalized spacial score (nSPS) is 11.9. The Bertz CT molecular complexity index is 398. The summed E-state index contributed by atoms with van der Waals surface area (Å²) in [4.78, 5) is 4.20. The molecule has 1 aromatic rings. The third-order valence-electron chi connectivity index (χ3n) is 3.12. The van der Waals surface area contributed by atoms with E-state index in [4.69, 9.17) is 4.52 Å². The van der Waals surface area contributed by atoms with Gasteiger partial charge >= 0.3 is 0 Å². The lowest BCUT2D eigenvalue weighted by Gasteiger charge is -2.11. The summed E-state index contributed by atoms with van der Waals surface area (Å²) in [5.41, 5.74) is 0.985. The summed E-state index contributed by atoms with van der Waals surface area (Å²) >= 11 is 0. The van der Waals surface area contributed by atoms with E-state index in [-0.39, 0.29) is 0 Å². The Morgan fingerprint density at radius 1 is 1.35 bits per heavy atom. The first kappa shape index (κ1) is 16.5. The van der Waals surface area contributed by atoms with Crippen molar-refractivity contribution in [3.05, 3.63) is 17.5 Å². The molecule has 0 saturated carbocycles. The number of hydrogen-bond donors (Lipinski definition) is 2. The first-order chi connectivity index (χ1) is 9.65. The molecule has 5 nitrogen and oxygen atoms in total. The minimum Gasteiger partial charge on any atom is -0.359 e. The Morgan fingerprint density at radius 2 is 2.15 bits per heavy atom. The largest absolute Gasteiger partial charge is 0.359 e. The van der Waals surface area contributed by atoms with Gasteiger partial charge in [0.15, 0.2) is 11.7 Å². The fraction of sp³-hybridized carbons (Fsp3) is 0.733. The van der Waals surface area contributed by atoms with Gasteiger partial charge in [-0.25, -0.2) is 0 Å². The molecule has 1 rings (SSSR count). The van der Waals surface area contributed by atoms with E-state index in [1.54, 1.807) is 7.05 Å². The number of nitrogens with zero attached hydrogens (tertiary/aromatic N) is 2. The molecule has 0 aliphatic carbocycles. The maximum absolute atomic E-state index is 5.22. The van der Waals surface area contributed by atoms with Gasteiger partial charge < -0.3 is 15.2 Å². The first-order valence-corrected chi connectivity index (χ1v) is 7.54. The van der Waals surface area contributed by atoms with Gasteiger partial charge in [-0.1, -0.05) is 38.8 Å². The van der Waals surface area contributed by atoms with Crippen molar-refractivity contribution in [1.29, 1.82) is 0 Å². The Kier molecular flexibility index (Phi) is 7.77. The number of nitrogens with one attached hydrogen (secondary N) is 2. The van der Waals surface area contributed by atoms with Crippen LogP contribution in [0.25, 0.3) is 0 Å². The second kappa shape index (κ2) is 9.39. The molecule has 2 N–H and O–H groups in total. The number of aliphatic imine (C=N–C) groups is 1. The van der Waals surface area contributed by atoms with Gasteiger partial charge in [0.2, 0.25) is 0 Å². The van der Waals surface area contributed by atoms with Crippen molar-refractivity contribution in [2.75, 3.05) is 13.6 Å². The highest BCUT2D eigenvalue weighted by molar-refractivity contribution is 5.79. The predicted molar refractivity (Wildman–Crippen MR) is 82.8 cm³/mol. The van der Waals surface area contributed by atoms with Crippen LogP contribution in [0.15, 0.2) is 15.6 Å². The molecule has 0 spiro atoms. The van der Waals surface area contributed by atoms with Gasteiger partial charge in [0.25, 0.3) is 0 Å². The number of hydrogen-bond acceptors (Lipinski definition) is 3. The van der Waals surface area contributed by atoms with E-state index in [1.807, 2.05) is 6.07 Å². The summed E-state index contributed by atoms with van der Waals surface area (Å²) in [7, 11) is 1.78. The van der Waals surface area contributed by atoms with Crippen LogP contribution in [0.3, 0.4) is 0 Å². The van der Waals surface area contributed by atoms with Crippen LogP contribution in [0.2, 0.25) is 0 Å². The average molecular weight is 280 g/mol. The zero-order valence-electron chi connectivity index (χ0n) is 13.2. The van der Waals surface area contributed by atoms with E-state index in [0.29, 0.717) is 6.54 Å². The zero-order chi connectivity index (χ0) is 14.8. The van der Waals surface area contributed by atoms with Gasteiger partial charge in [-0.15, -0.1) is 0 Å². The maximum atomic E-state index is 5.22. The lowest BCUT2D eigenvalue weighted by molar-refractivity contribution is 0.374. The molecular weight excluding hydrogens is 252 g/mol. The van der Waals surface area contributed by atoms with Crippen molar-refractivity contribution >= 4 is 5.96 Å². The summed E-state index contributed by atoms with van der Waals surface area (Å²) in [6.07, 6.45) is 4.60. The van der Waals surface area contributed by atoms with Crippen LogP contribution in [-0.4, -0.2) is 24.7 Å². The van der Waals surface area contributed by atoms with E-state index >= 15 is 0 Å². The van der Waals surface area contributed by atoms with Crippen molar-refractivity contribution in [3.63, 3.8) is 0 Å². The quantitative estimate of drug-likeness (QED) is 0.436. The molecule has 0 amide bonds. The average Bonchev–Trinajstić information content (AvgIpc) is 2.89. The van der Waals surface area contributed by atoms with Gasteiger partial charge in [-0.3, -0.25) is 4.99 Å². The molecule has 0 radical (unpaired) electrons. The third-order valence-corrected chi connectivity index (χ3v) is 3.12. The van der Waals surface area contributed by atoms with Crippen LogP contribution in [0, 0.1) is 5.92 Å². The highest BCUT2D eigenvalue weighted by atomic mass is 16.5. The summed E-state index contributed by atoms with van der Waals surface area (Å²) in [6, 6.07) is 1.98. The second-order valence-electron chi connectivity index (χ2n) is 5.38. The third kappa shape index (κ3) is 6.59. The smallest absolute Gasteiger partial charge is 0.191 e. The van der Waals surface area contributed by atoms with Crippen LogP contribution in [0.4, 0.5) is 0 Å². The molecule has 0 bridgehead atoms. The molecule has 20 heavy (non-hydrogen) atoms. The Morgan fingerprint density at radius 3 is 2.75 bits per heavy atom. The molecule has 0 fully saturated rings. The Balaban J connectivity index is 2.19. The lowest BCUT2D eigenvalue weighted by atomic mass is 10.1. The van der Waals surface area contributed by atoms with Gasteiger partial charge in [0.05, 0.1) is 12.2 Å². The van der Waals surface area contributed by atoms with Crippen LogP contribution < -0.4 is 10.6 Å². The Labute approximate surface area is 122 Å². The maximum Gasteiger partial charge on any atom is 0.191 e. The fourth-order valence-corrected chi connectivity index (χ4v) is 1.88. The van der Waals surface area contributed by atoms with Crippen molar-refractivity contribution in [1.82, 2.24) is 15.8 Å². The molecule has 1 heterocycles. The molecule has 0 aliphatic rings. The molecule has 0 aliphatic heterocycles. The summed E-state index contributed by atoms with van der Waals surface area (Å²) in [5, 5.41) is 10.5. The van der Waals surface area contributed by atoms with Crippen molar-refractivity contribution in [2.45, 2.75) is 53.0 Å². The minimum absolute atomic E-state index is 0.610. The molecule has 0 atom stereocenters. The molecular formula is C15H28N4O. The number of rotatable bonds is 8. The number of aryl methyl sites for hydroxylation is 1. The SMILES string of the molecule is CCc1cc(CNC(=NC)NCCCCC(C)C)on1. The lowest BCUT2D eigenvalue weighted by Crippen LogP contribution is -2.37. The summed E-state index contributed by atoms with van der Waals surface area (Å²) in [6.45, 7) is 8.14. The molecule has 0 aromatic carbocycles. The first-order valence-electron chi connectivity index (χ1n) is 7.54. The van der Waals surface area contributed by atoms with Crippen LogP contribution in [-0.2, 0) is 13.0 Å². The van der Waals surface area contributed by atoms with E-state index < -0.39 is 0 Å².